The van der Waals surface area contributed by atoms with Gasteiger partial charge in [-0.15, -0.1) is 24.3 Å². The van der Waals surface area contributed by atoms with Gasteiger partial charge in [-0.2, -0.15) is 0 Å². The van der Waals surface area contributed by atoms with Gasteiger partial charge in [0.05, 0.1) is 16.7 Å². The molecule has 6 nitrogen and oxygen atoms in total. The smallest absolute Gasteiger partial charge is 0.124 e. The quantitative estimate of drug-likeness (QED) is 0.153. The van der Waals surface area contributed by atoms with E-state index in [9.17, 15) is 5.11 Å². The minimum Gasteiger partial charge on any atom is -0.507 e. The maximum atomic E-state index is 11.1. The molecule has 11 aromatic rings. The molecule has 0 unspecified atom stereocenters. The predicted molar refractivity (Wildman–Crippen MR) is 288 cm³/mol. The maximum Gasteiger partial charge on any atom is 0.124 e. The van der Waals surface area contributed by atoms with Crippen LogP contribution in [-0.4, -0.2) is 29.6 Å². The summed E-state index contributed by atoms with van der Waals surface area (Å²) in [5, 5.41) is 13.5. The molecule has 71 heavy (non-hydrogen) atoms. The molecule has 7 heteroatoms. The summed E-state index contributed by atoms with van der Waals surface area (Å²) in [6.45, 7) is 13.6. The van der Waals surface area contributed by atoms with E-state index in [4.69, 9.17) is 9.97 Å². The van der Waals surface area contributed by atoms with Crippen molar-refractivity contribution in [3.63, 3.8) is 0 Å². The van der Waals surface area contributed by atoms with Crippen molar-refractivity contribution in [2.45, 2.75) is 52.4 Å². The number of hydrogen-bond donors (Lipinski definition) is 1. The molecule has 0 saturated carbocycles. The molecule has 0 amide bonds. The van der Waals surface area contributed by atoms with E-state index in [1.807, 2.05) is 61.3 Å². The van der Waals surface area contributed by atoms with Gasteiger partial charge in [0.15, 0.2) is 0 Å². The zero-order chi connectivity index (χ0) is 48.1. The van der Waals surface area contributed by atoms with E-state index in [0.29, 0.717) is 11.3 Å². The summed E-state index contributed by atoms with van der Waals surface area (Å²) in [6.07, 6.45) is 9.35. The second-order valence-corrected chi connectivity index (χ2v) is 20.2. The average Bonchev–Trinajstić information content (AvgIpc) is 3.73. The molecule has 0 spiro atoms. The minimum atomic E-state index is -0.0622. The predicted octanol–water partition coefficient (Wildman–Crippen LogP) is 16.1. The Kier molecular flexibility index (Phi) is 12.5. The zero-order valence-corrected chi connectivity index (χ0v) is 42.8. The van der Waals surface area contributed by atoms with Crippen molar-refractivity contribution in [3.05, 3.63) is 218 Å². The molecule has 350 valence electrons. The summed E-state index contributed by atoms with van der Waals surface area (Å²) in [5.74, 6) is 0.180. The van der Waals surface area contributed by atoms with Gasteiger partial charge >= 0.3 is 0 Å². The molecular formula is C64H52N5OPt-. The Hall–Kier alpha value is -7.79. The second kappa shape index (κ2) is 18.8. The topological polar surface area (TPSA) is 76.7 Å². The van der Waals surface area contributed by atoms with Gasteiger partial charge in [-0.3, -0.25) is 19.9 Å². The van der Waals surface area contributed by atoms with Crippen LogP contribution in [0.5, 0.6) is 5.75 Å². The van der Waals surface area contributed by atoms with Crippen LogP contribution in [0.2, 0.25) is 0 Å². The van der Waals surface area contributed by atoms with Gasteiger partial charge in [-0.25, -0.2) is 0 Å². The number of phenols is 1. The summed E-state index contributed by atoms with van der Waals surface area (Å²) >= 11 is 0. The number of phenolic OH excluding ortho intramolecular Hbond substituents is 1. The van der Waals surface area contributed by atoms with Crippen LogP contribution in [0.1, 0.15) is 52.7 Å². The van der Waals surface area contributed by atoms with Gasteiger partial charge in [0.25, 0.3) is 0 Å². The van der Waals surface area contributed by atoms with Crippen molar-refractivity contribution in [2.75, 3.05) is 0 Å². The van der Waals surface area contributed by atoms with E-state index in [0.717, 1.165) is 89.1 Å². The van der Waals surface area contributed by atoms with Crippen LogP contribution in [0, 0.1) is 6.07 Å². The van der Waals surface area contributed by atoms with Crippen molar-refractivity contribution in [2.24, 2.45) is 0 Å². The summed E-state index contributed by atoms with van der Waals surface area (Å²) in [7, 11) is 0. The van der Waals surface area contributed by atoms with Crippen LogP contribution < -0.4 is 0 Å². The van der Waals surface area contributed by atoms with Crippen LogP contribution in [0.15, 0.2) is 201 Å². The van der Waals surface area contributed by atoms with E-state index >= 15 is 0 Å². The van der Waals surface area contributed by atoms with Gasteiger partial charge in [0.2, 0.25) is 0 Å². The Morgan fingerprint density at radius 1 is 0.451 bits per heavy atom. The summed E-state index contributed by atoms with van der Waals surface area (Å²) in [5.41, 5.74) is 18.6. The Labute approximate surface area is 430 Å². The Morgan fingerprint density at radius 3 is 1.68 bits per heavy atom. The second-order valence-electron chi connectivity index (χ2n) is 20.2. The van der Waals surface area contributed by atoms with Crippen molar-refractivity contribution in [3.8, 4) is 89.7 Å². The molecule has 11 rings (SSSR count). The molecule has 0 atom stereocenters. The molecule has 0 fully saturated rings. The summed E-state index contributed by atoms with van der Waals surface area (Å²) in [4.78, 5) is 19.2. The van der Waals surface area contributed by atoms with Gasteiger partial charge in [0.1, 0.15) is 5.75 Å². The van der Waals surface area contributed by atoms with Crippen molar-refractivity contribution in [1.29, 1.82) is 0 Å². The summed E-state index contributed by atoms with van der Waals surface area (Å²) in [6, 6.07) is 62.9. The molecule has 0 aliphatic heterocycles. The zero-order valence-electron chi connectivity index (χ0n) is 40.6. The van der Waals surface area contributed by atoms with E-state index in [1.54, 1.807) is 6.07 Å². The normalized spacial score (nSPS) is 11.7. The first-order chi connectivity index (χ1) is 33.9. The van der Waals surface area contributed by atoms with Crippen LogP contribution >= 0.6 is 0 Å². The number of nitrogens with zero attached hydrogens (tertiary/aromatic N) is 5. The number of para-hydroxylation sites is 3. The van der Waals surface area contributed by atoms with E-state index in [-0.39, 0.29) is 37.6 Å². The van der Waals surface area contributed by atoms with Gasteiger partial charge in [0, 0.05) is 102 Å². The Morgan fingerprint density at radius 2 is 1.01 bits per heavy atom. The van der Waals surface area contributed by atoms with E-state index in [1.165, 1.54) is 16.5 Å². The number of benzene rings is 6. The summed E-state index contributed by atoms with van der Waals surface area (Å²) < 4.78 is 2.40. The first-order valence-electron chi connectivity index (χ1n) is 23.8. The molecule has 1 N–H and O–H groups in total. The SMILES string of the molecule is CC(C)(C)c1cc(-c2cc(-c3[c-]c(-c4cc(-c5cccc6c7ccccc7n(-c7cc(-c8cccnc8)cc(-c8cccnc8)c7)c56)ccn4)ccc3)nc(-c3ccccc3O)c2)cc(C(C)(C)C)c1.[Pt]. The number of hydrogen-bond acceptors (Lipinski definition) is 5. The van der Waals surface area contributed by atoms with E-state index in [2.05, 4.69) is 196 Å². The van der Waals surface area contributed by atoms with Crippen LogP contribution in [0.4, 0.5) is 0 Å². The first-order valence-corrected chi connectivity index (χ1v) is 23.8. The largest absolute Gasteiger partial charge is 0.507 e. The standard InChI is InChI=1S/C64H52N5O.Pt/c1-63(2,3)50-31-48(32-51(38-50)64(4,5)6)49-36-58(68-59(37-49)56-20-8-10-24-61(56)70)43-16-11-15-42(29-43)57-35-41(25-28-67-57)53-21-12-22-55-54-19-7-9-23-60(54)69(62(53)55)52-33-46(44-17-13-26-65-39-44)30-47(34-52)45-18-14-27-66-40-45;/h7-28,30-40,70H,1-6H3;/q-1;. The number of fused-ring (bicyclic) bond motifs is 3. The fourth-order valence-corrected chi connectivity index (χ4v) is 9.50. The molecule has 0 radical (unpaired) electrons. The monoisotopic (exact) mass is 1100 g/mol. The molecule has 5 aromatic heterocycles. The molecule has 5 heterocycles. The molecular weight excluding hydrogens is 1050 g/mol. The third-order valence-electron chi connectivity index (χ3n) is 13.3. The van der Waals surface area contributed by atoms with Crippen LogP contribution in [0.3, 0.4) is 0 Å². The van der Waals surface area contributed by atoms with Crippen molar-refractivity contribution in [1.82, 2.24) is 24.5 Å². The maximum absolute atomic E-state index is 11.1. The number of pyridine rings is 4. The molecule has 0 bridgehead atoms. The average molecular weight is 1100 g/mol. The fourth-order valence-electron chi connectivity index (χ4n) is 9.50. The molecule has 0 saturated heterocycles. The third-order valence-corrected chi connectivity index (χ3v) is 13.3. The van der Waals surface area contributed by atoms with Gasteiger partial charge in [-0.1, -0.05) is 144 Å². The molecule has 6 aromatic carbocycles. The van der Waals surface area contributed by atoms with Crippen LogP contribution in [0.25, 0.3) is 106 Å². The Bertz CT molecular complexity index is 3660. The number of rotatable bonds is 8. The fraction of sp³-hybridized carbons (Fsp3) is 0.125. The molecule has 0 aliphatic rings. The van der Waals surface area contributed by atoms with Gasteiger partial charge in [-0.05, 0) is 110 Å². The van der Waals surface area contributed by atoms with E-state index < -0.39 is 0 Å². The first kappa shape index (κ1) is 46.9. The van der Waals surface area contributed by atoms with Crippen molar-refractivity contribution >= 4 is 21.8 Å². The third kappa shape index (κ3) is 9.24. The van der Waals surface area contributed by atoms with Crippen LogP contribution in [-0.2, 0) is 31.9 Å². The number of aromatic hydroxyl groups is 1. The molecule has 0 aliphatic carbocycles. The van der Waals surface area contributed by atoms with Crippen molar-refractivity contribution < 1.29 is 26.2 Å². The minimum absolute atomic E-state index is 0. The number of aromatic nitrogens is 5. The van der Waals surface area contributed by atoms with Gasteiger partial charge < -0.3 is 9.67 Å². The Balaban J connectivity index is 0.00000582.